The van der Waals surface area contributed by atoms with Crippen molar-refractivity contribution >= 4 is 23.3 Å². The first kappa shape index (κ1) is 20.4. The lowest BCUT2D eigenvalue weighted by atomic mass is 10.1. The SMILES string of the molecule is Cc1ccc(CN(C)C(=O)COC(=O)c2cc([N+](=O)[O-])ccc2N2CCCC2)o1. The fraction of sp³-hybridized carbons (Fsp3) is 0.400. The third kappa shape index (κ3) is 4.92. The second-order valence-electron chi connectivity index (χ2n) is 6.99. The molecule has 9 nitrogen and oxygen atoms in total. The van der Waals surface area contributed by atoms with Crippen LogP contribution in [0.1, 0.15) is 34.7 Å². The number of carbonyl (C=O) groups is 2. The van der Waals surface area contributed by atoms with Crippen LogP contribution in [0.25, 0.3) is 0 Å². The number of amides is 1. The highest BCUT2D eigenvalue weighted by atomic mass is 16.6. The molecule has 0 radical (unpaired) electrons. The van der Waals surface area contributed by atoms with Crippen molar-refractivity contribution in [2.75, 3.05) is 31.6 Å². The molecule has 1 aliphatic rings. The molecule has 2 aromatic rings. The first-order chi connectivity index (χ1) is 13.8. The lowest BCUT2D eigenvalue weighted by molar-refractivity contribution is -0.384. The van der Waals surface area contributed by atoms with E-state index < -0.39 is 23.4 Å². The predicted octanol–water partition coefficient (Wildman–Crippen LogP) is 2.91. The molecule has 1 aromatic heterocycles. The maximum atomic E-state index is 12.6. The summed E-state index contributed by atoms with van der Waals surface area (Å²) in [7, 11) is 1.58. The van der Waals surface area contributed by atoms with E-state index in [0.717, 1.165) is 31.7 Å². The molecule has 0 bridgehead atoms. The second-order valence-corrected chi connectivity index (χ2v) is 6.99. The molecule has 1 aliphatic heterocycles. The Hall–Kier alpha value is -3.36. The van der Waals surface area contributed by atoms with Crippen LogP contribution in [0.5, 0.6) is 0 Å². The number of ether oxygens (including phenoxy) is 1. The van der Waals surface area contributed by atoms with E-state index in [1.165, 1.54) is 17.0 Å². The van der Waals surface area contributed by atoms with Gasteiger partial charge in [0.05, 0.1) is 22.7 Å². The van der Waals surface area contributed by atoms with Crippen LogP contribution < -0.4 is 4.90 Å². The van der Waals surface area contributed by atoms with Gasteiger partial charge in [-0.15, -0.1) is 0 Å². The molecule has 0 spiro atoms. The van der Waals surface area contributed by atoms with Gasteiger partial charge in [0.1, 0.15) is 11.5 Å². The minimum atomic E-state index is -0.758. The van der Waals surface area contributed by atoms with Crippen LogP contribution in [-0.2, 0) is 16.1 Å². The first-order valence-corrected chi connectivity index (χ1v) is 9.35. The smallest absolute Gasteiger partial charge is 0.341 e. The third-order valence-electron chi connectivity index (χ3n) is 4.80. The van der Waals surface area contributed by atoms with E-state index in [2.05, 4.69) is 0 Å². The topological polar surface area (TPSA) is 106 Å². The maximum Gasteiger partial charge on any atom is 0.341 e. The number of nitro benzene ring substituents is 1. The molecular formula is C20H23N3O6. The molecule has 0 saturated carbocycles. The van der Waals surface area contributed by atoms with E-state index in [1.807, 2.05) is 11.8 Å². The van der Waals surface area contributed by atoms with E-state index in [-0.39, 0.29) is 17.8 Å². The van der Waals surface area contributed by atoms with Crippen molar-refractivity contribution in [1.82, 2.24) is 4.90 Å². The number of rotatable bonds is 7. The Kier molecular flexibility index (Phi) is 6.16. The standard InChI is InChI=1S/C20H23N3O6/c1-14-5-7-16(29-14)12-21(2)19(24)13-28-20(25)17-11-15(23(26)27)6-8-18(17)22-9-3-4-10-22/h5-8,11H,3-4,9-10,12-13H2,1-2H3. The summed E-state index contributed by atoms with van der Waals surface area (Å²) in [4.78, 5) is 38.9. The first-order valence-electron chi connectivity index (χ1n) is 9.35. The van der Waals surface area contributed by atoms with Gasteiger partial charge in [0.25, 0.3) is 11.6 Å². The number of furan rings is 1. The Balaban J connectivity index is 1.68. The van der Waals surface area contributed by atoms with Crippen LogP contribution in [0.2, 0.25) is 0 Å². The van der Waals surface area contributed by atoms with Gasteiger partial charge in [-0.1, -0.05) is 0 Å². The summed E-state index contributed by atoms with van der Waals surface area (Å²) >= 11 is 0. The number of benzene rings is 1. The highest BCUT2D eigenvalue weighted by molar-refractivity contribution is 5.97. The Morgan fingerprint density at radius 3 is 2.59 bits per heavy atom. The van der Waals surface area contributed by atoms with Crippen molar-refractivity contribution in [2.45, 2.75) is 26.3 Å². The summed E-state index contributed by atoms with van der Waals surface area (Å²) in [5.74, 6) is 0.207. The van der Waals surface area contributed by atoms with Gasteiger partial charge in [-0.05, 0) is 38.0 Å². The summed E-state index contributed by atoms with van der Waals surface area (Å²) in [6.07, 6.45) is 1.97. The average molecular weight is 401 g/mol. The van der Waals surface area contributed by atoms with Crippen molar-refractivity contribution in [1.29, 1.82) is 0 Å². The zero-order chi connectivity index (χ0) is 21.0. The lowest BCUT2D eigenvalue weighted by Gasteiger charge is -2.21. The van der Waals surface area contributed by atoms with Gasteiger partial charge < -0.3 is 19.0 Å². The summed E-state index contributed by atoms with van der Waals surface area (Å²) in [5, 5.41) is 11.1. The monoisotopic (exact) mass is 401 g/mol. The van der Waals surface area contributed by atoms with Crippen LogP contribution >= 0.6 is 0 Å². The average Bonchev–Trinajstić information content (AvgIpc) is 3.37. The fourth-order valence-corrected chi connectivity index (χ4v) is 3.24. The molecule has 1 aromatic carbocycles. The van der Waals surface area contributed by atoms with E-state index in [9.17, 15) is 19.7 Å². The summed E-state index contributed by atoms with van der Waals surface area (Å²) in [6, 6.07) is 7.71. The molecular weight excluding hydrogens is 378 g/mol. The normalized spacial score (nSPS) is 13.4. The molecule has 2 heterocycles. The van der Waals surface area contributed by atoms with Gasteiger partial charge in [0.2, 0.25) is 0 Å². The molecule has 9 heteroatoms. The van der Waals surface area contributed by atoms with Gasteiger partial charge in [0.15, 0.2) is 6.61 Å². The number of hydrogen-bond acceptors (Lipinski definition) is 7. The van der Waals surface area contributed by atoms with E-state index in [0.29, 0.717) is 11.4 Å². The highest BCUT2D eigenvalue weighted by Crippen LogP contribution is 2.29. The van der Waals surface area contributed by atoms with E-state index in [1.54, 1.807) is 25.2 Å². The van der Waals surface area contributed by atoms with Crippen LogP contribution in [0.4, 0.5) is 11.4 Å². The van der Waals surface area contributed by atoms with Crippen molar-refractivity contribution < 1.29 is 23.7 Å². The molecule has 29 heavy (non-hydrogen) atoms. The van der Waals surface area contributed by atoms with E-state index >= 15 is 0 Å². The van der Waals surface area contributed by atoms with Crippen LogP contribution in [-0.4, -0.2) is 48.4 Å². The Bertz CT molecular complexity index is 917. The number of esters is 1. The number of aryl methyl sites for hydroxylation is 1. The lowest BCUT2D eigenvalue weighted by Crippen LogP contribution is -2.31. The number of anilines is 1. The highest BCUT2D eigenvalue weighted by Gasteiger charge is 2.24. The molecule has 0 unspecified atom stereocenters. The van der Waals surface area contributed by atoms with Crippen LogP contribution in [0, 0.1) is 17.0 Å². The van der Waals surface area contributed by atoms with Gasteiger partial charge in [-0.3, -0.25) is 14.9 Å². The zero-order valence-corrected chi connectivity index (χ0v) is 16.4. The maximum absolute atomic E-state index is 12.6. The molecule has 0 N–H and O–H groups in total. The Morgan fingerprint density at radius 1 is 1.24 bits per heavy atom. The summed E-state index contributed by atoms with van der Waals surface area (Å²) in [6.45, 7) is 3.13. The predicted molar refractivity (Wildman–Crippen MR) is 105 cm³/mol. The molecule has 1 fully saturated rings. The van der Waals surface area contributed by atoms with Crippen LogP contribution in [0.3, 0.4) is 0 Å². The summed E-state index contributed by atoms with van der Waals surface area (Å²) < 4.78 is 10.6. The quantitative estimate of drug-likeness (QED) is 0.399. The number of hydrogen-bond donors (Lipinski definition) is 0. The van der Waals surface area contributed by atoms with Crippen molar-refractivity contribution in [2.24, 2.45) is 0 Å². The Morgan fingerprint density at radius 2 is 1.97 bits per heavy atom. The van der Waals surface area contributed by atoms with Crippen molar-refractivity contribution in [3.8, 4) is 0 Å². The molecule has 1 amide bonds. The molecule has 0 atom stereocenters. The van der Waals surface area contributed by atoms with Crippen LogP contribution in [0.15, 0.2) is 34.7 Å². The molecule has 3 rings (SSSR count). The number of nitro groups is 1. The third-order valence-corrected chi connectivity index (χ3v) is 4.80. The van der Waals surface area contributed by atoms with Crippen molar-refractivity contribution in [3.63, 3.8) is 0 Å². The van der Waals surface area contributed by atoms with Gasteiger partial charge >= 0.3 is 5.97 Å². The largest absolute Gasteiger partial charge is 0.464 e. The molecule has 154 valence electrons. The van der Waals surface area contributed by atoms with Gasteiger partial charge in [-0.2, -0.15) is 0 Å². The minimum absolute atomic E-state index is 0.0956. The van der Waals surface area contributed by atoms with E-state index in [4.69, 9.17) is 9.15 Å². The van der Waals surface area contributed by atoms with Crippen molar-refractivity contribution in [3.05, 3.63) is 57.5 Å². The number of non-ortho nitro benzene ring substituents is 1. The molecule has 0 aliphatic carbocycles. The number of likely N-dealkylation sites (N-methyl/N-ethyl adjacent to an activating group) is 1. The van der Waals surface area contributed by atoms with Gasteiger partial charge in [-0.25, -0.2) is 4.79 Å². The number of nitrogens with zero attached hydrogens (tertiary/aromatic N) is 3. The number of carbonyl (C=O) groups excluding carboxylic acids is 2. The fourth-order valence-electron chi connectivity index (χ4n) is 3.24. The molecule has 1 saturated heterocycles. The van der Waals surface area contributed by atoms with Gasteiger partial charge in [0, 0.05) is 32.3 Å². The zero-order valence-electron chi connectivity index (χ0n) is 16.4. The summed E-state index contributed by atoms with van der Waals surface area (Å²) in [5.41, 5.74) is 0.486. The Labute approximate surface area is 168 Å². The minimum Gasteiger partial charge on any atom is -0.464 e. The second kappa shape index (κ2) is 8.76.